The average Bonchev–Trinajstić information content (AvgIpc) is 3.60. The minimum Gasteiger partial charge on any atom is -0.465 e. The van der Waals surface area contributed by atoms with Gasteiger partial charge in [0.25, 0.3) is 0 Å². The summed E-state index contributed by atoms with van der Waals surface area (Å²) in [6.45, 7) is 13.0. The molecule has 4 aromatic carbocycles. The number of benzene rings is 4. The fourth-order valence-corrected chi connectivity index (χ4v) is 5.56. The number of ether oxygens (including phenoxy) is 1. The van der Waals surface area contributed by atoms with Gasteiger partial charge in [-0.2, -0.15) is 0 Å². The molecule has 0 saturated heterocycles. The highest BCUT2D eigenvalue weighted by Gasteiger charge is 2.18. The lowest BCUT2D eigenvalue weighted by Crippen LogP contribution is -2.06. The minimum absolute atomic E-state index is 0.333. The molecule has 6 rings (SSSR count). The summed E-state index contributed by atoms with van der Waals surface area (Å²) in [5, 5.41) is 0. The molecule has 228 valence electrons. The Hall–Kier alpha value is -4.71. The number of nitrogens with zero attached hydrogens (tertiary/aromatic N) is 4. The minimum atomic E-state index is -0.333. The quantitative estimate of drug-likeness (QED) is 0.174. The van der Waals surface area contributed by atoms with Crippen LogP contribution in [0.3, 0.4) is 0 Å². The zero-order chi connectivity index (χ0) is 31.8. The van der Waals surface area contributed by atoms with Gasteiger partial charge in [-0.25, -0.2) is 14.8 Å². The van der Waals surface area contributed by atoms with Crippen molar-refractivity contribution in [3.63, 3.8) is 0 Å². The van der Waals surface area contributed by atoms with Gasteiger partial charge in [-0.15, -0.1) is 0 Å². The molecular formula is C38H44N4O2. The van der Waals surface area contributed by atoms with Gasteiger partial charge in [-0.3, -0.25) is 0 Å². The number of esters is 1. The van der Waals surface area contributed by atoms with Gasteiger partial charge in [0.2, 0.25) is 0 Å². The fraction of sp³-hybridized carbons (Fsp3) is 0.289. The molecule has 0 amide bonds. The van der Waals surface area contributed by atoms with Crippen molar-refractivity contribution < 1.29 is 9.53 Å². The maximum atomic E-state index is 12.3. The molecule has 44 heavy (non-hydrogen) atoms. The van der Waals surface area contributed by atoms with E-state index in [1.165, 1.54) is 12.7 Å². The van der Waals surface area contributed by atoms with Gasteiger partial charge in [0.05, 0.1) is 34.7 Å². The predicted molar refractivity (Wildman–Crippen MR) is 183 cm³/mol. The van der Waals surface area contributed by atoms with Crippen molar-refractivity contribution >= 4 is 28.0 Å². The van der Waals surface area contributed by atoms with Crippen LogP contribution in [0, 0.1) is 6.92 Å². The molecular weight excluding hydrogens is 544 g/mol. The first-order valence-electron chi connectivity index (χ1n) is 15.7. The van der Waals surface area contributed by atoms with Gasteiger partial charge in [-0.05, 0) is 65.9 Å². The number of fused-ring (bicyclic) bond motifs is 2. The Labute approximate surface area is 261 Å². The van der Waals surface area contributed by atoms with Crippen LogP contribution in [-0.2, 0) is 24.8 Å². The lowest BCUT2D eigenvalue weighted by molar-refractivity contribution is 0.0601. The lowest BCUT2D eigenvalue weighted by atomic mass is 9.98. The normalized spacial score (nSPS) is 10.6. The first-order valence-corrected chi connectivity index (χ1v) is 15.7. The van der Waals surface area contributed by atoms with Crippen LogP contribution >= 0.6 is 0 Å². The van der Waals surface area contributed by atoms with Crippen LogP contribution in [0.25, 0.3) is 44.6 Å². The first-order chi connectivity index (χ1) is 21.5. The number of rotatable bonds is 7. The SMILES string of the molecule is CC.CC.CCCc1nc2c(C)cc(-c3nc4ccccc4n3C)cc2n1Cc1ccc(-c2ccccc2C(=O)OC)cc1. The molecule has 0 spiro atoms. The highest BCUT2D eigenvalue weighted by atomic mass is 16.5. The number of aromatic nitrogens is 4. The van der Waals surface area contributed by atoms with Crippen LogP contribution in [0.4, 0.5) is 0 Å². The van der Waals surface area contributed by atoms with Crippen LogP contribution in [0.15, 0.2) is 84.9 Å². The first kappa shape index (κ1) is 32.2. The van der Waals surface area contributed by atoms with Gasteiger partial charge in [0.15, 0.2) is 0 Å². The van der Waals surface area contributed by atoms with Crippen LogP contribution in [-0.4, -0.2) is 32.2 Å². The molecule has 0 aliphatic heterocycles. The predicted octanol–water partition coefficient (Wildman–Crippen LogP) is 9.41. The van der Waals surface area contributed by atoms with E-state index < -0.39 is 0 Å². The van der Waals surface area contributed by atoms with E-state index in [0.29, 0.717) is 12.1 Å². The second-order valence-electron chi connectivity index (χ2n) is 10.2. The smallest absolute Gasteiger partial charge is 0.338 e. The molecule has 2 heterocycles. The van der Waals surface area contributed by atoms with Gasteiger partial charge in [0.1, 0.15) is 11.6 Å². The molecule has 0 bridgehead atoms. The number of methoxy groups -OCH3 is 1. The molecule has 0 N–H and O–H groups in total. The van der Waals surface area contributed by atoms with Crippen molar-refractivity contribution in [2.24, 2.45) is 7.05 Å². The fourth-order valence-electron chi connectivity index (χ4n) is 5.56. The number of hydrogen-bond donors (Lipinski definition) is 0. The Balaban J connectivity index is 0.00000106. The number of para-hydroxylation sites is 2. The Morgan fingerprint density at radius 2 is 1.50 bits per heavy atom. The van der Waals surface area contributed by atoms with Gasteiger partial charge < -0.3 is 13.9 Å². The second-order valence-corrected chi connectivity index (χ2v) is 10.2. The summed E-state index contributed by atoms with van der Waals surface area (Å²) in [6, 6.07) is 28.6. The van der Waals surface area contributed by atoms with Gasteiger partial charge >= 0.3 is 5.97 Å². The summed E-state index contributed by atoms with van der Waals surface area (Å²) in [5.74, 6) is 1.70. The highest BCUT2D eigenvalue weighted by Crippen LogP contribution is 2.31. The Kier molecular flexibility index (Phi) is 10.7. The van der Waals surface area contributed by atoms with E-state index >= 15 is 0 Å². The van der Waals surface area contributed by atoms with E-state index in [-0.39, 0.29) is 5.97 Å². The molecule has 6 aromatic rings. The monoisotopic (exact) mass is 588 g/mol. The summed E-state index contributed by atoms with van der Waals surface area (Å²) >= 11 is 0. The summed E-state index contributed by atoms with van der Waals surface area (Å²) in [6.07, 6.45) is 1.92. The van der Waals surface area contributed by atoms with Crippen LogP contribution < -0.4 is 0 Å². The molecule has 0 unspecified atom stereocenters. The summed E-state index contributed by atoms with van der Waals surface area (Å²) in [7, 11) is 3.48. The van der Waals surface area contributed by atoms with Crippen molar-refractivity contribution in [3.8, 4) is 22.5 Å². The molecule has 0 atom stereocenters. The topological polar surface area (TPSA) is 61.9 Å². The van der Waals surface area contributed by atoms with Crippen molar-refractivity contribution in [1.29, 1.82) is 0 Å². The van der Waals surface area contributed by atoms with E-state index in [1.54, 1.807) is 6.07 Å². The van der Waals surface area contributed by atoms with E-state index in [2.05, 4.69) is 78.6 Å². The molecule has 6 heteroatoms. The maximum Gasteiger partial charge on any atom is 0.338 e. The summed E-state index contributed by atoms with van der Waals surface area (Å²) in [5.41, 5.74) is 10.1. The molecule has 0 radical (unpaired) electrons. The zero-order valence-electron chi connectivity index (χ0n) is 27.3. The van der Waals surface area contributed by atoms with Gasteiger partial charge in [-0.1, -0.05) is 89.2 Å². The standard InChI is InChI=1S/C34H32N4O2.2C2H6/c1-5-10-31-36-32-22(2)19-25(33-35-28-13-8-9-14-29(28)37(33)3)20-30(32)38(31)21-23-15-17-24(18-16-23)26-11-6-7-12-27(26)34(39)40-4;2*1-2/h6-9,11-20H,5,10,21H2,1-4H3;2*1-2H3. The largest absolute Gasteiger partial charge is 0.465 e. The third kappa shape index (κ3) is 6.30. The Bertz CT molecular complexity index is 1860. The Morgan fingerprint density at radius 3 is 2.18 bits per heavy atom. The summed E-state index contributed by atoms with van der Waals surface area (Å²) < 4.78 is 9.49. The maximum absolute atomic E-state index is 12.3. The van der Waals surface area contributed by atoms with Crippen molar-refractivity contribution in [1.82, 2.24) is 19.1 Å². The van der Waals surface area contributed by atoms with Crippen molar-refractivity contribution in [2.45, 2.75) is 60.9 Å². The average molecular weight is 589 g/mol. The van der Waals surface area contributed by atoms with Gasteiger partial charge in [0, 0.05) is 25.6 Å². The van der Waals surface area contributed by atoms with Crippen LogP contribution in [0.5, 0.6) is 0 Å². The molecule has 0 fully saturated rings. The van der Waals surface area contributed by atoms with Crippen molar-refractivity contribution in [3.05, 3.63) is 107 Å². The molecule has 0 aliphatic rings. The van der Waals surface area contributed by atoms with Crippen molar-refractivity contribution in [2.75, 3.05) is 7.11 Å². The van der Waals surface area contributed by atoms with E-state index in [0.717, 1.165) is 68.8 Å². The number of carbonyl (C=O) groups excluding carboxylic acids is 1. The van der Waals surface area contributed by atoms with E-state index in [4.69, 9.17) is 14.7 Å². The lowest BCUT2D eigenvalue weighted by Gasteiger charge is -2.12. The summed E-state index contributed by atoms with van der Waals surface area (Å²) in [4.78, 5) is 22.3. The van der Waals surface area contributed by atoms with Crippen LogP contribution in [0.1, 0.15) is 68.3 Å². The van der Waals surface area contributed by atoms with Crippen LogP contribution in [0.2, 0.25) is 0 Å². The molecule has 2 aromatic heterocycles. The van der Waals surface area contributed by atoms with E-state index in [1.807, 2.05) is 58.0 Å². The number of imidazole rings is 2. The number of hydrogen-bond acceptors (Lipinski definition) is 4. The third-order valence-corrected chi connectivity index (χ3v) is 7.58. The second kappa shape index (κ2) is 14.6. The number of aryl methyl sites for hydroxylation is 3. The Morgan fingerprint density at radius 1 is 0.818 bits per heavy atom. The molecule has 0 saturated carbocycles. The number of carbonyl (C=O) groups is 1. The highest BCUT2D eigenvalue weighted by molar-refractivity contribution is 5.97. The molecule has 0 aliphatic carbocycles. The third-order valence-electron chi connectivity index (χ3n) is 7.58. The zero-order valence-corrected chi connectivity index (χ0v) is 27.3. The van der Waals surface area contributed by atoms with E-state index in [9.17, 15) is 4.79 Å². The molecule has 6 nitrogen and oxygen atoms in total.